The Kier molecular flexibility index (Phi) is 5.87. The Hall–Kier alpha value is -2.24. The molecule has 0 aliphatic rings. The minimum atomic E-state index is -0.140. The molecule has 0 atom stereocenters. The van der Waals surface area contributed by atoms with E-state index < -0.39 is 0 Å². The maximum atomic E-state index is 12.0. The molecule has 2 rings (SSSR count). The highest BCUT2D eigenvalue weighted by Crippen LogP contribution is 2.19. The molecule has 1 aromatic carbocycles. The molecular weight excluding hydrogens is 268 g/mol. The predicted octanol–water partition coefficient (Wildman–Crippen LogP) is 1.49. The summed E-state index contributed by atoms with van der Waals surface area (Å²) in [5, 5.41) is 11.4. The number of aliphatic hydroxyl groups excluding tert-OH is 1. The molecule has 0 aliphatic carbocycles. The number of aliphatic hydroxyl groups is 1. The smallest absolute Gasteiger partial charge is 0.251 e. The van der Waals surface area contributed by atoms with Gasteiger partial charge in [0.2, 0.25) is 0 Å². The molecule has 0 saturated carbocycles. The van der Waals surface area contributed by atoms with Crippen molar-refractivity contribution in [2.24, 2.45) is 0 Å². The number of amides is 1. The maximum Gasteiger partial charge on any atom is 0.251 e. The zero-order valence-electron chi connectivity index (χ0n) is 11.7. The van der Waals surface area contributed by atoms with Gasteiger partial charge in [-0.25, -0.2) is 0 Å². The van der Waals surface area contributed by atoms with Crippen LogP contribution in [0.3, 0.4) is 0 Å². The molecule has 5 nitrogen and oxygen atoms in total. The van der Waals surface area contributed by atoms with E-state index in [1.807, 2.05) is 30.3 Å². The van der Waals surface area contributed by atoms with Crippen molar-refractivity contribution in [2.75, 3.05) is 26.4 Å². The quantitative estimate of drug-likeness (QED) is 0.756. The monoisotopic (exact) mass is 286 g/mol. The lowest BCUT2D eigenvalue weighted by Gasteiger charge is -2.07. The van der Waals surface area contributed by atoms with Gasteiger partial charge in [0, 0.05) is 24.5 Å². The van der Waals surface area contributed by atoms with E-state index in [1.165, 1.54) is 0 Å². The lowest BCUT2D eigenvalue weighted by molar-refractivity contribution is 0.0838. The minimum absolute atomic E-state index is 0.0120. The first kappa shape index (κ1) is 15.2. The Labute approximate surface area is 123 Å². The predicted molar refractivity (Wildman–Crippen MR) is 79.9 cm³/mol. The SMILES string of the molecule is O=C(NCCOCCO)c1cccc(-c2ccncc2)c1. The summed E-state index contributed by atoms with van der Waals surface area (Å²) in [5.74, 6) is -0.140. The molecule has 0 bridgehead atoms. The molecule has 0 radical (unpaired) electrons. The third-order valence-electron chi connectivity index (χ3n) is 2.91. The molecule has 5 heteroatoms. The molecule has 21 heavy (non-hydrogen) atoms. The van der Waals surface area contributed by atoms with E-state index in [-0.39, 0.29) is 19.1 Å². The molecule has 2 N–H and O–H groups in total. The van der Waals surface area contributed by atoms with Crippen LogP contribution in [0.2, 0.25) is 0 Å². The van der Waals surface area contributed by atoms with Crippen molar-refractivity contribution in [2.45, 2.75) is 0 Å². The summed E-state index contributed by atoms with van der Waals surface area (Å²) in [6.45, 7) is 1.07. The normalized spacial score (nSPS) is 10.3. The van der Waals surface area contributed by atoms with E-state index >= 15 is 0 Å². The van der Waals surface area contributed by atoms with E-state index in [2.05, 4.69) is 10.3 Å². The van der Waals surface area contributed by atoms with E-state index in [4.69, 9.17) is 9.84 Å². The highest BCUT2D eigenvalue weighted by atomic mass is 16.5. The van der Waals surface area contributed by atoms with Gasteiger partial charge in [-0.2, -0.15) is 0 Å². The number of rotatable bonds is 7. The van der Waals surface area contributed by atoms with Gasteiger partial charge in [0.05, 0.1) is 19.8 Å². The van der Waals surface area contributed by atoms with Crippen molar-refractivity contribution in [1.82, 2.24) is 10.3 Å². The number of aromatic nitrogens is 1. The van der Waals surface area contributed by atoms with Crippen molar-refractivity contribution in [3.05, 3.63) is 54.4 Å². The van der Waals surface area contributed by atoms with Crippen LogP contribution < -0.4 is 5.32 Å². The van der Waals surface area contributed by atoms with Crippen LogP contribution in [0.25, 0.3) is 11.1 Å². The fourth-order valence-corrected chi connectivity index (χ4v) is 1.89. The third-order valence-corrected chi connectivity index (χ3v) is 2.91. The van der Waals surface area contributed by atoms with Gasteiger partial charge in [-0.15, -0.1) is 0 Å². The van der Waals surface area contributed by atoms with Crippen molar-refractivity contribution in [3.8, 4) is 11.1 Å². The first-order valence-electron chi connectivity index (χ1n) is 6.78. The first-order valence-corrected chi connectivity index (χ1v) is 6.78. The largest absolute Gasteiger partial charge is 0.394 e. The number of nitrogens with zero attached hydrogens (tertiary/aromatic N) is 1. The summed E-state index contributed by atoms with van der Waals surface area (Å²) < 4.78 is 5.09. The number of hydrogen-bond donors (Lipinski definition) is 2. The Morgan fingerprint density at radius 1 is 1.14 bits per heavy atom. The first-order chi connectivity index (χ1) is 10.3. The van der Waals surface area contributed by atoms with Crippen molar-refractivity contribution >= 4 is 5.91 Å². The Morgan fingerprint density at radius 2 is 1.95 bits per heavy atom. The zero-order valence-corrected chi connectivity index (χ0v) is 11.7. The second kappa shape index (κ2) is 8.14. The maximum absolute atomic E-state index is 12.0. The van der Waals surface area contributed by atoms with E-state index in [0.717, 1.165) is 11.1 Å². The van der Waals surface area contributed by atoms with Gasteiger partial charge in [0.15, 0.2) is 0 Å². The number of carbonyl (C=O) groups is 1. The number of carbonyl (C=O) groups excluding carboxylic acids is 1. The Bertz CT molecular complexity index is 573. The molecule has 0 saturated heterocycles. The number of nitrogens with one attached hydrogen (secondary N) is 1. The summed E-state index contributed by atoms with van der Waals surface area (Å²) in [5.41, 5.74) is 2.60. The summed E-state index contributed by atoms with van der Waals surface area (Å²) in [7, 11) is 0. The molecule has 1 aromatic heterocycles. The standard InChI is InChI=1S/C16H18N2O3/c19-9-11-21-10-8-18-16(20)15-3-1-2-14(12-15)13-4-6-17-7-5-13/h1-7,12,19H,8-11H2,(H,18,20). The zero-order chi connectivity index (χ0) is 14.9. The van der Waals surface area contributed by atoms with Crippen LogP contribution in [-0.2, 0) is 4.74 Å². The van der Waals surface area contributed by atoms with E-state index in [1.54, 1.807) is 18.5 Å². The van der Waals surface area contributed by atoms with Crippen molar-refractivity contribution in [3.63, 3.8) is 0 Å². The van der Waals surface area contributed by atoms with Crippen LogP contribution in [0.1, 0.15) is 10.4 Å². The average molecular weight is 286 g/mol. The lowest BCUT2D eigenvalue weighted by atomic mass is 10.0. The van der Waals surface area contributed by atoms with Gasteiger partial charge in [-0.05, 0) is 35.4 Å². The summed E-state index contributed by atoms with van der Waals surface area (Å²) in [4.78, 5) is 16.0. The van der Waals surface area contributed by atoms with Crippen LogP contribution in [0.4, 0.5) is 0 Å². The van der Waals surface area contributed by atoms with Crippen LogP contribution in [0.5, 0.6) is 0 Å². The molecular formula is C16H18N2O3. The van der Waals surface area contributed by atoms with Crippen LogP contribution >= 0.6 is 0 Å². The molecule has 0 spiro atoms. The number of benzene rings is 1. The second-order valence-corrected chi connectivity index (χ2v) is 4.41. The summed E-state index contributed by atoms with van der Waals surface area (Å²) in [6.07, 6.45) is 3.45. The van der Waals surface area contributed by atoms with Crippen molar-refractivity contribution in [1.29, 1.82) is 0 Å². The summed E-state index contributed by atoms with van der Waals surface area (Å²) >= 11 is 0. The minimum Gasteiger partial charge on any atom is -0.394 e. The van der Waals surface area contributed by atoms with Gasteiger partial charge in [0.1, 0.15) is 0 Å². The number of pyridine rings is 1. The lowest BCUT2D eigenvalue weighted by Crippen LogP contribution is -2.27. The van der Waals surface area contributed by atoms with Crippen LogP contribution in [0.15, 0.2) is 48.8 Å². The van der Waals surface area contributed by atoms with Gasteiger partial charge in [-0.3, -0.25) is 9.78 Å². The van der Waals surface area contributed by atoms with Gasteiger partial charge in [0.25, 0.3) is 5.91 Å². The molecule has 110 valence electrons. The molecule has 2 aromatic rings. The van der Waals surface area contributed by atoms with E-state index in [0.29, 0.717) is 18.7 Å². The third kappa shape index (κ3) is 4.66. The number of ether oxygens (including phenoxy) is 1. The Balaban J connectivity index is 1.96. The molecule has 1 heterocycles. The van der Waals surface area contributed by atoms with Gasteiger partial charge < -0.3 is 15.2 Å². The molecule has 0 fully saturated rings. The fraction of sp³-hybridized carbons (Fsp3) is 0.250. The second-order valence-electron chi connectivity index (χ2n) is 4.41. The summed E-state index contributed by atoms with van der Waals surface area (Å²) in [6, 6.07) is 11.2. The number of hydrogen-bond acceptors (Lipinski definition) is 4. The topological polar surface area (TPSA) is 71.5 Å². The highest BCUT2D eigenvalue weighted by Gasteiger charge is 2.06. The van der Waals surface area contributed by atoms with Gasteiger partial charge >= 0.3 is 0 Å². The Morgan fingerprint density at radius 3 is 2.71 bits per heavy atom. The fourth-order valence-electron chi connectivity index (χ4n) is 1.89. The highest BCUT2D eigenvalue weighted by molar-refractivity contribution is 5.95. The van der Waals surface area contributed by atoms with Crippen molar-refractivity contribution < 1.29 is 14.6 Å². The molecule has 1 amide bonds. The molecule has 0 unspecified atom stereocenters. The van der Waals surface area contributed by atoms with Gasteiger partial charge in [-0.1, -0.05) is 12.1 Å². The van der Waals surface area contributed by atoms with E-state index in [9.17, 15) is 4.79 Å². The average Bonchev–Trinajstić information content (AvgIpc) is 2.55. The van der Waals surface area contributed by atoms with Crippen LogP contribution in [-0.4, -0.2) is 42.4 Å². The van der Waals surface area contributed by atoms with Crippen LogP contribution in [0, 0.1) is 0 Å². The molecule has 0 aliphatic heterocycles.